The number of amides is 1. The van der Waals surface area contributed by atoms with Crippen molar-refractivity contribution in [3.05, 3.63) is 35.4 Å². The summed E-state index contributed by atoms with van der Waals surface area (Å²) in [5, 5.41) is 0. The summed E-state index contributed by atoms with van der Waals surface area (Å²) in [5.74, 6) is -2.93. The molecule has 0 unspecified atom stereocenters. The van der Waals surface area contributed by atoms with Gasteiger partial charge in [-0.2, -0.15) is 0 Å². The lowest BCUT2D eigenvalue weighted by molar-refractivity contribution is -0.140. The largest absolute Gasteiger partial charge is 0.469 e. The second kappa shape index (κ2) is 7.57. The van der Waals surface area contributed by atoms with Crippen molar-refractivity contribution < 1.29 is 23.1 Å². The predicted molar refractivity (Wildman–Crippen MR) is 69.2 cm³/mol. The van der Waals surface area contributed by atoms with Crippen molar-refractivity contribution in [1.82, 2.24) is 4.90 Å². The van der Waals surface area contributed by atoms with Gasteiger partial charge in [-0.3, -0.25) is 9.59 Å². The van der Waals surface area contributed by atoms with Crippen LogP contribution in [0.4, 0.5) is 8.78 Å². The second-order valence-corrected chi connectivity index (χ2v) is 4.25. The highest BCUT2D eigenvalue weighted by Crippen LogP contribution is 2.12. The maximum absolute atomic E-state index is 13.1. The summed E-state index contributed by atoms with van der Waals surface area (Å²) < 4.78 is 30.5. The topological polar surface area (TPSA) is 46.6 Å². The first kappa shape index (κ1) is 16.1. The highest BCUT2D eigenvalue weighted by Gasteiger charge is 2.17. The van der Waals surface area contributed by atoms with E-state index in [4.69, 9.17) is 0 Å². The van der Waals surface area contributed by atoms with E-state index < -0.39 is 23.5 Å². The molecule has 1 rings (SSSR count). The SMILES string of the molecule is CCCN(CCC(=O)OC)C(=O)c1ccc(F)c(F)c1. The number of benzene rings is 1. The molecule has 0 saturated carbocycles. The fraction of sp³-hybridized carbons (Fsp3) is 0.429. The minimum Gasteiger partial charge on any atom is -0.469 e. The Balaban J connectivity index is 2.81. The molecule has 0 aliphatic rings. The van der Waals surface area contributed by atoms with E-state index in [1.807, 2.05) is 6.92 Å². The third-order valence-electron chi connectivity index (χ3n) is 2.76. The van der Waals surface area contributed by atoms with Gasteiger partial charge in [-0.15, -0.1) is 0 Å². The summed E-state index contributed by atoms with van der Waals surface area (Å²) in [5.41, 5.74) is 0.0576. The van der Waals surface area contributed by atoms with Gasteiger partial charge in [0.15, 0.2) is 11.6 Å². The number of carbonyl (C=O) groups is 2. The van der Waals surface area contributed by atoms with E-state index in [0.717, 1.165) is 12.1 Å². The van der Waals surface area contributed by atoms with Crippen LogP contribution in [0.5, 0.6) is 0 Å². The molecular formula is C14H17F2NO3. The highest BCUT2D eigenvalue weighted by atomic mass is 19.2. The number of methoxy groups -OCH3 is 1. The third-order valence-corrected chi connectivity index (χ3v) is 2.76. The van der Waals surface area contributed by atoms with Gasteiger partial charge >= 0.3 is 5.97 Å². The van der Waals surface area contributed by atoms with E-state index in [1.54, 1.807) is 0 Å². The van der Waals surface area contributed by atoms with Crippen LogP contribution in [0.1, 0.15) is 30.1 Å². The molecule has 0 heterocycles. The normalized spacial score (nSPS) is 10.2. The van der Waals surface area contributed by atoms with Crippen molar-refractivity contribution >= 4 is 11.9 Å². The molecule has 1 amide bonds. The van der Waals surface area contributed by atoms with Crippen LogP contribution in [0.2, 0.25) is 0 Å². The van der Waals surface area contributed by atoms with Crippen LogP contribution < -0.4 is 0 Å². The average molecular weight is 285 g/mol. The lowest BCUT2D eigenvalue weighted by atomic mass is 10.1. The minimum absolute atomic E-state index is 0.0576. The molecule has 0 saturated heterocycles. The van der Waals surface area contributed by atoms with Crippen LogP contribution in [0.25, 0.3) is 0 Å². The lowest BCUT2D eigenvalue weighted by Crippen LogP contribution is -2.34. The van der Waals surface area contributed by atoms with E-state index in [-0.39, 0.29) is 18.5 Å². The molecule has 0 fully saturated rings. The van der Waals surface area contributed by atoms with E-state index in [9.17, 15) is 18.4 Å². The maximum Gasteiger partial charge on any atom is 0.307 e. The highest BCUT2D eigenvalue weighted by molar-refractivity contribution is 5.94. The van der Waals surface area contributed by atoms with Crippen LogP contribution in [-0.2, 0) is 9.53 Å². The molecule has 0 spiro atoms. The number of rotatable bonds is 6. The molecular weight excluding hydrogens is 268 g/mol. The number of nitrogens with zero attached hydrogens (tertiary/aromatic N) is 1. The van der Waals surface area contributed by atoms with E-state index in [2.05, 4.69) is 4.74 Å². The second-order valence-electron chi connectivity index (χ2n) is 4.25. The van der Waals surface area contributed by atoms with Gasteiger partial charge in [0.1, 0.15) is 0 Å². The Bertz CT molecular complexity index is 491. The van der Waals surface area contributed by atoms with Gasteiger partial charge in [-0.1, -0.05) is 6.92 Å². The van der Waals surface area contributed by atoms with Gasteiger partial charge < -0.3 is 9.64 Å². The zero-order valence-electron chi connectivity index (χ0n) is 11.5. The number of hydrogen-bond donors (Lipinski definition) is 0. The van der Waals surface area contributed by atoms with Gasteiger partial charge in [0.2, 0.25) is 0 Å². The fourth-order valence-corrected chi connectivity index (χ4v) is 1.72. The summed E-state index contributed by atoms with van der Waals surface area (Å²) in [7, 11) is 1.27. The Kier molecular flexibility index (Phi) is 6.09. The van der Waals surface area contributed by atoms with Gasteiger partial charge in [-0.05, 0) is 24.6 Å². The molecule has 20 heavy (non-hydrogen) atoms. The Labute approximate surface area is 116 Å². The first-order valence-corrected chi connectivity index (χ1v) is 6.30. The van der Waals surface area contributed by atoms with Gasteiger partial charge in [0.25, 0.3) is 5.91 Å². The van der Waals surface area contributed by atoms with E-state index >= 15 is 0 Å². The molecule has 1 aromatic carbocycles. The molecule has 4 nitrogen and oxygen atoms in total. The Morgan fingerprint density at radius 2 is 1.90 bits per heavy atom. The van der Waals surface area contributed by atoms with Crippen LogP contribution in [0.15, 0.2) is 18.2 Å². The third kappa shape index (κ3) is 4.29. The summed E-state index contributed by atoms with van der Waals surface area (Å²) in [6.07, 6.45) is 0.752. The summed E-state index contributed by atoms with van der Waals surface area (Å²) in [6.45, 7) is 2.48. The van der Waals surface area contributed by atoms with E-state index in [0.29, 0.717) is 13.0 Å². The Hall–Kier alpha value is -1.98. The van der Waals surface area contributed by atoms with Crippen LogP contribution in [0, 0.1) is 11.6 Å². The predicted octanol–water partition coefficient (Wildman–Crippen LogP) is 2.38. The molecule has 0 aliphatic heterocycles. The number of hydrogen-bond acceptors (Lipinski definition) is 3. The molecule has 0 radical (unpaired) electrons. The lowest BCUT2D eigenvalue weighted by Gasteiger charge is -2.21. The molecule has 0 N–H and O–H groups in total. The molecule has 1 aromatic rings. The Morgan fingerprint density at radius 1 is 1.20 bits per heavy atom. The van der Waals surface area contributed by atoms with E-state index in [1.165, 1.54) is 18.1 Å². The molecule has 110 valence electrons. The minimum atomic E-state index is -1.07. The molecule has 0 aliphatic carbocycles. The van der Waals surface area contributed by atoms with Gasteiger partial charge in [0.05, 0.1) is 13.5 Å². The average Bonchev–Trinajstić information content (AvgIpc) is 2.45. The van der Waals surface area contributed by atoms with Gasteiger partial charge in [-0.25, -0.2) is 8.78 Å². The van der Waals surface area contributed by atoms with Crippen molar-refractivity contribution in [1.29, 1.82) is 0 Å². The summed E-state index contributed by atoms with van der Waals surface area (Å²) >= 11 is 0. The number of carbonyl (C=O) groups excluding carboxylic acids is 2. The van der Waals surface area contributed by atoms with Crippen LogP contribution in [0.3, 0.4) is 0 Å². The van der Waals surface area contributed by atoms with Gasteiger partial charge in [0, 0.05) is 18.7 Å². The molecule has 0 atom stereocenters. The first-order valence-electron chi connectivity index (χ1n) is 6.30. The summed E-state index contributed by atoms with van der Waals surface area (Å²) in [6, 6.07) is 2.99. The number of esters is 1. The van der Waals surface area contributed by atoms with Crippen LogP contribution in [-0.4, -0.2) is 37.0 Å². The number of ether oxygens (including phenoxy) is 1. The molecule has 0 bridgehead atoms. The molecule has 0 aromatic heterocycles. The fourth-order valence-electron chi connectivity index (χ4n) is 1.72. The monoisotopic (exact) mass is 285 g/mol. The Morgan fingerprint density at radius 3 is 2.45 bits per heavy atom. The van der Waals surface area contributed by atoms with Crippen molar-refractivity contribution in [2.24, 2.45) is 0 Å². The zero-order valence-corrected chi connectivity index (χ0v) is 11.5. The standard InChI is InChI=1S/C14H17F2NO3/c1-3-7-17(8-6-13(18)20-2)14(19)10-4-5-11(15)12(16)9-10/h4-5,9H,3,6-8H2,1-2H3. The van der Waals surface area contributed by atoms with Crippen LogP contribution >= 0.6 is 0 Å². The van der Waals surface area contributed by atoms with Crippen molar-refractivity contribution in [2.75, 3.05) is 20.2 Å². The quantitative estimate of drug-likeness (QED) is 0.754. The molecule has 6 heteroatoms. The smallest absolute Gasteiger partial charge is 0.307 e. The summed E-state index contributed by atoms with van der Waals surface area (Å²) in [4.78, 5) is 24.7. The zero-order chi connectivity index (χ0) is 15.1. The number of halogens is 2. The maximum atomic E-state index is 13.1. The van der Waals surface area contributed by atoms with Crippen molar-refractivity contribution in [3.8, 4) is 0 Å². The van der Waals surface area contributed by atoms with Crippen molar-refractivity contribution in [3.63, 3.8) is 0 Å². The first-order chi connectivity index (χ1) is 9.49. The van der Waals surface area contributed by atoms with Crippen molar-refractivity contribution in [2.45, 2.75) is 19.8 Å².